The molecular formula is C20H20N2O5S. The van der Waals surface area contributed by atoms with Gasteiger partial charge in [-0.25, -0.2) is 4.79 Å². The summed E-state index contributed by atoms with van der Waals surface area (Å²) < 4.78 is 17.5. The Morgan fingerprint density at radius 2 is 2.04 bits per heavy atom. The number of esters is 1. The fraction of sp³-hybridized carbons (Fsp3) is 0.250. The smallest absolute Gasteiger partial charge is 0.352 e. The molecule has 1 aromatic carbocycles. The van der Waals surface area contributed by atoms with Crippen LogP contribution in [0.25, 0.3) is 11.6 Å². The second-order valence-corrected chi connectivity index (χ2v) is 6.48. The third-order valence-electron chi connectivity index (χ3n) is 3.79. The molecule has 0 unspecified atom stereocenters. The zero-order chi connectivity index (χ0) is 20.7. The van der Waals surface area contributed by atoms with Crippen LogP contribution in [0, 0.1) is 11.3 Å². The molecule has 146 valence electrons. The van der Waals surface area contributed by atoms with Crippen LogP contribution in [0.3, 0.4) is 0 Å². The molecule has 0 aliphatic carbocycles. The molecule has 2 rings (SSSR count). The minimum absolute atomic E-state index is 0.0175. The fourth-order valence-electron chi connectivity index (χ4n) is 2.47. The van der Waals surface area contributed by atoms with Gasteiger partial charge in [0, 0.05) is 6.54 Å². The molecule has 28 heavy (non-hydrogen) atoms. The first kappa shape index (κ1) is 21.0. The zero-order valence-electron chi connectivity index (χ0n) is 15.9. The molecule has 0 atom stereocenters. The van der Waals surface area contributed by atoms with Crippen LogP contribution >= 0.6 is 11.3 Å². The summed E-state index contributed by atoms with van der Waals surface area (Å²) in [5.41, 5.74) is 0.220. The van der Waals surface area contributed by atoms with Crippen LogP contribution in [-0.2, 0) is 16.1 Å². The first-order chi connectivity index (χ1) is 13.5. The van der Waals surface area contributed by atoms with Gasteiger partial charge < -0.3 is 14.2 Å². The zero-order valence-corrected chi connectivity index (χ0v) is 16.7. The van der Waals surface area contributed by atoms with Gasteiger partial charge in [-0.05, 0) is 30.7 Å². The maximum absolute atomic E-state index is 12.8. The number of aromatic nitrogens is 1. The maximum Gasteiger partial charge on any atom is 0.352 e. The molecule has 1 aromatic heterocycles. The average molecular weight is 400 g/mol. The Kier molecular flexibility index (Phi) is 7.18. The Balaban J connectivity index is 2.69. The molecule has 2 aromatic rings. The minimum atomic E-state index is -0.788. The van der Waals surface area contributed by atoms with Crippen LogP contribution in [0.1, 0.15) is 12.5 Å². The molecule has 0 aliphatic heterocycles. The third kappa shape index (κ3) is 4.32. The molecule has 1 heterocycles. The van der Waals surface area contributed by atoms with Crippen molar-refractivity contribution in [1.82, 2.24) is 4.57 Å². The summed E-state index contributed by atoms with van der Waals surface area (Å²) in [5, 5.41) is 9.42. The van der Waals surface area contributed by atoms with Crippen molar-refractivity contribution in [2.24, 2.45) is 0 Å². The van der Waals surface area contributed by atoms with E-state index in [1.807, 2.05) is 6.07 Å². The SMILES string of the molecule is C=CCOC(=O)C(C#N)=c1sc(=Cc2ccc(OC)c(OC)c2)c(=O)n1CC. The highest BCUT2D eigenvalue weighted by Gasteiger charge is 2.16. The second-order valence-electron chi connectivity index (χ2n) is 5.45. The van der Waals surface area contributed by atoms with Gasteiger partial charge in [0.05, 0.1) is 18.8 Å². The van der Waals surface area contributed by atoms with E-state index in [0.717, 1.165) is 16.9 Å². The van der Waals surface area contributed by atoms with Crippen molar-refractivity contribution in [3.63, 3.8) is 0 Å². The van der Waals surface area contributed by atoms with Crippen molar-refractivity contribution in [3.05, 3.63) is 56.0 Å². The molecule has 0 saturated carbocycles. The standard InChI is InChI=1S/C20H20N2O5S/c1-5-9-27-20(24)14(12-21)19-22(6-2)18(23)17(28-19)11-13-7-8-15(25-3)16(10-13)26-4/h5,7-8,10-11H,1,6,9H2,2-4H3. The predicted octanol–water partition coefficient (Wildman–Crippen LogP) is 1.18. The van der Waals surface area contributed by atoms with E-state index in [1.54, 1.807) is 31.2 Å². The van der Waals surface area contributed by atoms with E-state index in [9.17, 15) is 14.9 Å². The normalized spacial score (nSPS) is 12.1. The number of rotatable bonds is 7. The number of nitrogens with zero attached hydrogens (tertiary/aromatic N) is 2. The lowest BCUT2D eigenvalue weighted by Gasteiger charge is -2.07. The molecule has 0 spiro atoms. The Labute approximate surface area is 166 Å². The highest BCUT2D eigenvalue weighted by atomic mass is 32.1. The Morgan fingerprint density at radius 1 is 1.32 bits per heavy atom. The molecule has 0 saturated heterocycles. The van der Waals surface area contributed by atoms with Crippen LogP contribution in [0.2, 0.25) is 0 Å². The summed E-state index contributed by atoms with van der Waals surface area (Å²) in [4.78, 5) is 24.9. The molecular weight excluding hydrogens is 380 g/mol. The summed E-state index contributed by atoms with van der Waals surface area (Å²) >= 11 is 1.06. The van der Waals surface area contributed by atoms with Gasteiger partial charge in [0.2, 0.25) is 0 Å². The molecule has 0 radical (unpaired) electrons. The third-order valence-corrected chi connectivity index (χ3v) is 4.92. The quantitative estimate of drug-likeness (QED) is 0.512. The number of carbonyl (C=O) groups excluding carboxylic acids is 1. The highest BCUT2D eigenvalue weighted by molar-refractivity contribution is 7.07. The van der Waals surface area contributed by atoms with Crippen LogP contribution in [0.4, 0.5) is 0 Å². The van der Waals surface area contributed by atoms with Crippen molar-refractivity contribution in [3.8, 4) is 17.6 Å². The number of hydrogen-bond donors (Lipinski definition) is 0. The second kappa shape index (κ2) is 9.58. The van der Waals surface area contributed by atoms with Gasteiger partial charge in [-0.15, -0.1) is 11.3 Å². The van der Waals surface area contributed by atoms with Gasteiger partial charge in [0.1, 0.15) is 17.3 Å². The van der Waals surface area contributed by atoms with Crippen molar-refractivity contribution in [1.29, 1.82) is 5.26 Å². The molecule has 0 aliphatic rings. The van der Waals surface area contributed by atoms with Gasteiger partial charge in [-0.2, -0.15) is 5.26 Å². The fourth-order valence-corrected chi connectivity index (χ4v) is 3.63. The maximum atomic E-state index is 12.8. The van der Waals surface area contributed by atoms with Crippen LogP contribution < -0.4 is 24.2 Å². The number of thiazole rings is 1. The molecule has 0 N–H and O–H groups in total. The molecule has 0 fully saturated rings. The van der Waals surface area contributed by atoms with Gasteiger partial charge in [0.15, 0.2) is 17.1 Å². The lowest BCUT2D eigenvalue weighted by atomic mass is 10.2. The van der Waals surface area contributed by atoms with Crippen LogP contribution in [0.5, 0.6) is 11.5 Å². The Morgan fingerprint density at radius 3 is 2.61 bits per heavy atom. The molecule has 0 amide bonds. The predicted molar refractivity (Wildman–Crippen MR) is 107 cm³/mol. The summed E-state index contributed by atoms with van der Waals surface area (Å²) in [5.74, 6) is 0.312. The number of carbonyl (C=O) groups is 1. The number of nitriles is 1. The van der Waals surface area contributed by atoms with E-state index in [0.29, 0.717) is 22.6 Å². The van der Waals surface area contributed by atoms with E-state index in [-0.39, 0.29) is 22.4 Å². The lowest BCUT2D eigenvalue weighted by Crippen LogP contribution is -2.32. The topological polar surface area (TPSA) is 90.6 Å². The van der Waals surface area contributed by atoms with E-state index in [1.165, 1.54) is 24.9 Å². The molecule has 8 heteroatoms. The summed E-state index contributed by atoms with van der Waals surface area (Å²) in [7, 11) is 3.06. The molecule has 0 bridgehead atoms. The first-order valence-corrected chi connectivity index (χ1v) is 9.18. The Bertz CT molecular complexity index is 1110. The highest BCUT2D eigenvalue weighted by Crippen LogP contribution is 2.27. The van der Waals surface area contributed by atoms with Crippen molar-refractivity contribution >= 4 is 29.0 Å². The van der Waals surface area contributed by atoms with Gasteiger partial charge in [-0.1, -0.05) is 18.7 Å². The first-order valence-electron chi connectivity index (χ1n) is 8.36. The summed E-state index contributed by atoms with van der Waals surface area (Å²) in [6.07, 6.45) is 3.08. The van der Waals surface area contributed by atoms with Crippen molar-refractivity contribution < 1.29 is 19.0 Å². The van der Waals surface area contributed by atoms with Crippen molar-refractivity contribution in [2.75, 3.05) is 20.8 Å². The van der Waals surface area contributed by atoms with E-state index in [2.05, 4.69) is 6.58 Å². The van der Waals surface area contributed by atoms with E-state index >= 15 is 0 Å². The molecule has 7 nitrogen and oxygen atoms in total. The lowest BCUT2D eigenvalue weighted by molar-refractivity contribution is -0.135. The number of methoxy groups -OCH3 is 2. The van der Waals surface area contributed by atoms with E-state index < -0.39 is 5.97 Å². The van der Waals surface area contributed by atoms with Crippen LogP contribution in [-0.4, -0.2) is 31.4 Å². The van der Waals surface area contributed by atoms with Crippen LogP contribution in [0.15, 0.2) is 35.6 Å². The number of hydrogen-bond acceptors (Lipinski definition) is 7. The average Bonchev–Trinajstić information content (AvgIpc) is 3.01. The number of ether oxygens (including phenoxy) is 3. The summed E-state index contributed by atoms with van der Waals surface area (Å²) in [6.45, 7) is 5.53. The van der Waals surface area contributed by atoms with Crippen molar-refractivity contribution in [2.45, 2.75) is 13.5 Å². The number of benzene rings is 1. The largest absolute Gasteiger partial charge is 0.493 e. The summed E-state index contributed by atoms with van der Waals surface area (Å²) in [6, 6.07) is 7.10. The monoisotopic (exact) mass is 400 g/mol. The Hall–Kier alpha value is -3.31. The van der Waals surface area contributed by atoms with E-state index in [4.69, 9.17) is 14.2 Å². The van der Waals surface area contributed by atoms with Gasteiger partial charge in [0.25, 0.3) is 5.56 Å². The minimum Gasteiger partial charge on any atom is -0.493 e. The van der Waals surface area contributed by atoms with Gasteiger partial charge >= 0.3 is 5.97 Å². The van der Waals surface area contributed by atoms with Gasteiger partial charge in [-0.3, -0.25) is 9.36 Å².